The van der Waals surface area contributed by atoms with Gasteiger partial charge in [0.05, 0.1) is 12.6 Å². The summed E-state index contributed by atoms with van der Waals surface area (Å²) in [5.41, 5.74) is 1.64. The average molecular weight is 336 g/mol. The Hall–Kier alpha value is -1.63. The van der Waals surface area contributed by atoms with Crippen molar-refractivity contribution in [3.8, 4) is 5.75 Å². The lowest BCUT2D eigenvalue weighted by atomic mass is 10.00. The molecule has 0 radical (unpaired) electrons. The zero-order valence-electron chi connectivity index (χ0n) is 14.5. The van der Waals surface area contributed by atoms with E-state index >= 15 is 0 Å². The van der Waals surface area contributed by atoms with Crippen LogP contribution in [0.3, 0.4) is 0 Å². The SMILES string of the molecule is CC(=O)N[C@H](CN1CCCC1)[C@H](O)c1ccc(C)c(OCCO)c1. The molecule has 6 nitrogen and oxygen atoms in total. The fourth-order valence-electron chi connectivity index (χ4n) is 3.07. The molecule has 0 bridgehead atoms. The highest BCUT2D eigenvalue weighted by molar-refractivity contribution is 5.73. The number of benzene rings is 1. The Kier molecular flexibility index (Phi) is 7.02. The number of carbonyl (C=O) groups excluding carboxylic acids is 1. The van der Waals surface area contributed by atoms with E-state index in [0.717, 1.165) is 31.5 Å². The summed E-state index contributed by atoms with van der Waals surface area (Å²) in [5, 5.41) is 22.6. The van der Waals surface area contributed by atoms with Crippen molar-refractivity contribution in [3.63, 3.8) is 0 Å². The van der Waals surface area contributed by atoms with Crippen molar-refractivity contribution in [3.05, 3.63) is 29.3 Å². The molecule has 1 aromatic carbocycles. The van der Waals surface area contributed by atoms with Crippen molar-refractivity contribution in [2.24, 2.45) is 0 Å². The molecule has 24 heavy (non-hydrogen) atoms. The van der Waals surface area contributed by atoms with Gasteiger partial charge in [0.2, 0.25) is 5.91 Å². The second kappa shape index (κ2) is 9.01. The number of aliphatic hydroxyl groups excluding tert-OH is 2. The van der Waals surface area contributed by atoms with Crippen molar-refractivity contribution >= 4 is 5.91 Å². The van der Waals surface area contributed by atoms with E-state index in [1.807, 2.05) is 19.1 Å². The number of likely N-dealkylation sites (tertiary alicyclic amines) is 1. The maximum atomic E-state index is 11.5. The van der Waals surface area contributed by atoms with E-state index in [9.17, 15) is 9.90 Å². The van der Waals surface area contributed by atoms with Gasteiger partial charge in [0, 0.05) is 13.5 Å². The van der Waals surface area contributed by atoms with Crippen LogP contribution in [0.25, 0.3) is 0 Å². The number of rotatable bonds is 8. The van der Waals surface area contributed by atoms with E-state index in [1.165, 1.54) is 6.92 Å². The highest BCUT2D eigenvalue weighted by Gasteiger charge is 2.26. The highest BCUT2D eigenvalue weighted by atomic mass is 16.5. The fourth-order valence-corrected chi connectivity index (χ4v) is 3.07. The Morgan fingerprint density at radius 1 is 1.38 bits per heavy atom. The van der Waals surface area contributed by atoms with E-state index in [2.05, 4.69) is 10.2 Å². The van der Waals surface area contributed by atoms with Gasteiger partial charge in [-0.15, -0.1) is 0 Å². The minimum absolute atomic E-state index is 0.0598. The van der Waals surface area contributed by atoms with Gasteiger partial charge in [0.15, 0.2) is 0 Å². The molecule has 2 rings (SSSR count). The first-order valence-electron chi connectivity index (χ1n) is 8.53. The summed E-state index contributed by atoms with van der Waals surface area (Å²) in [7, 11) is 0. The van der Waals surface area contributed by atoms with Crippen molar-refractivity contribution in [1.82, 2.24) is 10.2 Å². The number of aryl methyl sites for hydroxylation is 1. The topological polar surface area (TPSA) is 82.0 Å². The maximum Gasteiger partial charge on any atom is 0.217 e. The molecule has 3 N–H and O–H groups in total. The van der Waals surface area contributed by atoms with Crippen LogP contribution in [0, 0.1) is 6.92 Å². The summed E-state index contributed by atoms with van der Waals surface area (Å²) in [4.78, 5) is 13.8. The smallest absolute Gasteiger partial charge is 0.217 e. The summed E-state index contributed by atoms with van der Waals surface area (Å²) in [6.07, 6.45) is 1.51. The first-order chi connectivity index (χ1) is 11.5. The number of ether oxygens (including phenoxy) is 1. The molecule has 0 aliphatic carbocycles. The molecule has 1 aliphatic heterocycles. The molecule has 1 aliphatic rings. The zero-order chi connectivity index (χ0) is 17.5. The minimum Gasteiger partial charge on any atom is -0.491 e. The van der Waals surface area contributed by atoms with Crippen LogP contribution in [0.5, 0.6) is 5.75 Å². The van der Waals surface area contributed by atoms with E-state index in [-0.39, 0.29) is 25.2 Å². The fraction of sp³-hybridized carbons (Fsp3) is 0.611. The van der Waals surface area contributed by atoms with Crippen LogP contribution in [0.1, 0.15) is 37.0 Å². The predicted molar refractivity (Wildman–Crippen MR) is 92.0 cm³/mol. The zero-order valence-corrected chi connectivity index (χ0v) is 14.5. The van der Waals surface area contributed by atoms with Gasteiger partial charge in [0.1, 0.15) is 18.5 Å². The van der Waals surface area contributed by atoms with Crippen LogP contribution in [0.15, 0.2) is 18.2 Å². The van der Waals surface area contributed by atoms with E-state index in [1.54, 1.807) is 6.07 Å². The normalized spacial score (nSPS) is 17.5. The number of hydrogen-bond donors (Lipinski definition) is 3. The van der Waals surface area contributed by atoms with Crippen LogP contribution in [0.4, 0.5) is 0 Å². The monoisotopic (exact) mass is 336 g/mol. The lowest BCUT2D eigenvalue weighted by Crippen LogP contribution is -2.46. The van der Waals surface area contributed by atoms with Gasteiger partial charge >= 0.3 is 0 Å². The number of amides is 1. The van der Waals surface area contributed by atoms with Crippen LogP contribution < -0.4 is 10.1 Å². The molecule has 1 amide bonds. The summed E-state index contributed by atoms with van der Waals surface area (Å²) in [6, 6.07) is 5.15. The number of aliphatic hydroxyl groups is 2. The molecular weight excluding hydrogens is 308 g/mol. The molecule has 0 unspecified atom stereocenters. The average Bonchev–Trinajstić information content (AvgIpc) is 3.05. The lowest BCUT2D eigenvalue weighted by Gasteiger charge is -2.28. The molecule has 1 fully saturated rings. The van der Waals surface area contributed by atoms with E-state index < -0.39 is 6.10 Å². The van der Waals surface area contributed by atoms with Crippen molar-refractivity contribution in [2.75, 3.05) is 32.8 Å². The Morgan fingerprint density at radius 2 is 2.08 bits per heavy atom. The second-order valence-electron chi connectivity index (χ2n) is 6.36. The summed E-state index contributed by atoms with van der Waals surface area (Å²) in [6.45, 7) is 6.16. The molecule has 2 atom stereocenters. The first kappa shape index (κ1) is 18.7. The predicted octanol–water partition coefficient (Wildman–Crippen LogP) is 1.00. The van der Waals surface area contributed by atoms with E-state index in [4.69, 9.17) is 9.84 Å². The van der Waals surface area contributed by atoms with Gasteiger partial charge in [-0.2, -0.15) is 0 Å². The standard InChI is InChI=1S/C18H28N2O4/c1-13-5-6-15(11-17(13)24-10-9-21)18(23)16(19-14(2)22)12-20-7-3-4-8-20/h5-6,11,16,18,21,23H,3-4,7-10,12H2,1-2H3,(H,19,22)/t16-,18-/m1/s1. The van der Waals surface area contributed by atoms with Gasteiger partial charge in [-0.05, 0) is 50.0 Å². The van der Waals surface area contributed by atoms with Crippen molar-refractivity contribution in [2.45, 2.75) is 38.8 Å². The van der Waals surface area contributed by atoms with Crippen molar-refractivity contribution in [1.29, 1.82) is 0 Å². The Bertz CT molecular complexity index is 544. The van der Waals surface area contributed by atoms with Gasteiger partial charge in [0.25, 0.3) is 0 Å². The maximum absolute atomic E-state index is 11.5. The number of carbonyl (C=O) groups is 1. The van der Waals surface area contributed by atoms with Crippen molar-refractivity contribution < 1.29 is 19.7 Å². The Morgan fingerprint density at radius 3 is 2.71 bits per heavy atom. The third-order valence-electron chi connectivity index (χ3n) is 4.33. The Balaban J connectivity index is 2.14. The second-order valence-corrected chi connectivity index (χ2v) is 6.36. The largest absolute Gasteiger partial charge is 0.491 e. The van der Waals surface area contributed by atoms with Gasteiger partial charge in [-0.25, -0.2) is 0 Å². The quantitative estimate of drug-likeness (QED) is 0.660. The molecule has 6 heteroatoms. The van der Waals surface area contributed by atoms with Crippen LogP contribution in [0.2, 0.25) is 0 Å². The molecule has 134 valence electrons. The lowest BCUT2D eigenvalue weighted by molar-refractivity contribution is -0.120. The molecule has 0 saturated carbocycles. The number of nitrogens with one attached hydrogen (secondary N) is 1. The van der Waals surface area contributed by atoms with Gasteiger partial charge in [-0.3, -0.25) is 4.79 Å². The number of nitrogens with zero attached hydrogens (tertiary/aromatic N) is 1. The number of hydrogen-bond acceptors (Lipinski definition) is 5. The Labute approximate surface area is 143 Å². The molecule has 0 spiro atoms. The van der Waals surface area contributed by atoms with Crippen LogP contribution in [-0.4, -0.2) is 59.9 Å². The summed E-state index contributed by atoms with van der Waals surface area (Å²) >= 11 is 0. The van der Waals surface area contributed by atoms with Gasteiger partial charge in [-0.1, -0.05) is 12.1 Å². The van der Waals surface area contributed by atoms with Crippen LogP contribution >= 0.6 is 0 Å². The van der Waals surface area contributed by atoms with Crippen LogP contribution in [-0.2, 0) is 4.79 Å². The third-order valence-corrected chi connectivity index (χ3v) is 4.33. The highest BCUT2D eigenvalue weighted by Crippen LogP contribution is 2.26. The molecule has 1 heterocycles. The molecule has 0 aromatic heterocycles. The van der Waals surface area contributed by atoms with Gasteiger partial charge < -0.3 is 25.2 Å². The minimum atomic E-state index is -0.813. The third kappa shape index (κ3) is 5.19. The summed E-state index contributed by atoms with van der Waals surface area (Å²) < 4.78 is 5.51. The molecular formula is C18H28N2O4. The molecule has 1 aromatic rings. The summed E-state index contributed by atoms with van der Waals surface area (Å²) in [5.74, 6) is 0.491. The molecule has 1 saturated heterocycles. The first-order valence-corrected chi connectivity index (χ1v) is 8.53. The van der Waals surface area contributed by atoms with E-state index in [0.29, 0.717) is 17.9 Å².